The van der Waals surface area contributed by atoms with Gasteiger partial charge >= 0.3 is 0 Å². The maximum atomic E-state index is 10.4. The predicted octanol–water partition coefficient (Wildman–Crippen LogP) is 2.36. The topological polar surface area (TPSA) is 47.9 Å². The molecule has 2 heterocycles. The Morgan fingerprint density at radius 3 is 2.56 bits per heavy atom. The maximum Gasteiger partial charge on any atom is 0.200 e. The Labute approximate surface area is 109 Å². The summed E-state index contributed by atoms with van der Waals surface area (Å²) < 4.78 is 17.5. The highest BCUT2D eigenvalue weighted by molar-refractivity contribution is 5.15. The van der Waals surface area contributed by atoms with E-state index in [9.17, 15) is 5.11 Å². The lowest BCUT2D eigenvalue weighted by molar-refractivity contribution is -0.402. The second-order valence-corrected chi connectivity index (χ2v) is 5.78. The molecule has 2 atom stereocenters. The fourth-order valence-electron chi connectivity index (χ4n) is 2.85. The van der Waals surface area contributed by atoms with Crippen molar-refractivity contribution in [3.8, 4) is 0 Å². The van der Waals surface area contributed by atoms with E-state index in [1.165, 1.54) is 0 Å². The van der Waals surface area contributed by atoms with E-state index in [2.05, 4.69) is 6.58 Å². The van der Waals surface area contributed by atoms with Gasteiger partial charge in [0.2, 0.25) is 0 Å². The molecule has 0 saturated carbocycles. The van der Waals surface area contributed by atoms with E-state index in [1.807, 2.05) is 0 Å². The molecule has 0 radical (unpaired) electrons. The Bertz CT molecular complexity index is 325. The highest BCUT2D eigenvalue weighted by Crippen LogP contribution is 2.48. The van der Waals surface area contributed by atoms with Crippen LogP contribution in [0.4, 0.5) is 0 Å². The molecule has 104 valence electrons. The molecule has 0 aromatic carbocycles. The molecule has 0 bridgehead atoms. The molecule has 0 unspecified atom stereocenters. The average Bonchev–Trinajstić information content (AvgIpc) is 2.33. The lowest BCUT2D eigenvalue weighted by Crippen LogP contribution is -2.62. The highest BCUT2D eigenvalue weighted by atomic mass is 16.8. The van der Waals surface area contributed by atoms with Crippen LogP contribution in [0.5, 0.6) is 0 Å². The second-order valence-electron chi connectivity index (χ2n) is 5.78. The van der Waals surface area contributed by atoms with Gasteiger partial charge in [-0.1, -0.05) is 6.58 Å². The number of methoxy groups -OCH3 is 1. The summed E-state index contributed by atoms with van der Waals surface area (Å²) in [6.07, 6.45) is 4.22. The van der Waals surface area contributed by atoms with Crippen LogP contribution in [0.2, 0.25) is 0 Å². The van der Waals surface area contributed by atoms with Gasteiger partial charge in [-0.25, -0.2) is 0 Å². The zero-order chi connectivity index (χ0) is 13.4. The summed E-state index contributed by atoms with van der Waals surface area (Å²) in [4.78, 5) is 0. The van der Waals surface area contributed by atoms with Crippen molar-refractivity contribution in [3.63, 3.8) is 0 Å². The van der Waals surface area contributed by atoms with Crippen LogP contribution in [0.3, 0.4) is 0 Å². The summed E-state index contributed by atoms with van der Waals surface area (Å²) in [6.45, 7) is 8.18. The van der Waals surface area contributed by atoms with E-state index in [0.29, 0.717) is 13.0 Å². The zero-order valence-corrected chi connectivity index (χ0v) is 11.6. The number of ether oxygens (including phenoxy) is 3. The minimum absolute atomic E-state index is 0.594. The number of hydrogen-bond acceptors (Lipinski definition) is 4. The average molecular weight is 256 g/mol. The molecule has 1 N–H and O–H groups in total. The first-order valence-electron chi connectivity index (χ1n) is 6.65. The van der Waals surface area contributed by atoms with Crippen molar-refractivity contribution in [2.24, 2.45) is 0 Å². The lowest BCUT2D eigenvalue weighted by Gasteiger charge is -2.53. The molecule has 4 nitrogen and oxygen atoms in total. The smallest absolute Gasteiger partial charge is 0.200 e. The summed E-state index contributed by atoms with van der Waals surface area (Å²) in [5, 5.41) is 10.4. The Morgan fingerprint density at radius 2 is 2.06 bits per heavy atom. The van der Waals surface area contributed by atoms with Crippen LogP contribution in [0.15, 0.2) is 12.2 Å². The van der Waals surface area contributed by atoms with Gasteiger partial charge in [-0.2, -0.15) is 0 Å². The van der Waals surface area contributed by atoms with Gasteiger partial charge in [0.1, 0.15) is 5.60 Å². The van der Waals surface area contributed by atoms with Crippen LogP contribution in [-0.2, 0) is 14.2 Å². The van der Waals surface area contributed by atoms with Gasteiger partial charge in [0, 0.05) is 20.0 Å². The summed E-state index contributed by atoms with van der Waals surface area (Å²) in [6, 6.07) is 0. The van der Waals surface area contributed by atoms with Gasteiger partial charge in [-0.3, -0.25) is 0 Å². The third-order valence-electron chi connectivity index (χ3n) is 4.12. The molecule has 18 heavy (non-hydrogen) atoms. The quantitative estimate of drug-likeness (QED) is 0.771. The largest absolute Gasteiger partial charge is 0.385 e. The number of hydrogen-bond donors (Lipinski definition) is 1. The van der Waals surface area contributed by atoms with Crippen molar-refractivity contribution >= 4 is 0 Å². The van der Waals surface area contributed by atoms with Crippen LogP contribution in [0.25, 0.3) is 0 Å². The van der Waals surface area contributed by atoms with E-state index in [1.54, 1.807) is 21.0 Å². The number of aliphatic hydroxyl groups is 1. The van der Waals surface area contributed by atoms with Crippen molar-refractivity contribution in [3.05, 3.63) is 12.2 Å². The van der Waals surface area contributed by atoms with Gasteiger partial charge < -0.3 is 19.3 Å². The van der Waals surface area contributed by atoms with Crippen LogP contribution in [0, 0.1) is 0 Å². The zero-order valence-electron chi connectivity index (χ0n) is 11.6. The normalized spacial score (nSPS) is 38.1. The highest BCUT2D eigenvalue weighted by Gasteiger charge is 2.56. The van der Waals surface area contributed by atoms with Crippen molar-refractivity contribution in [2.75, 3.05) is 13.7 Å². The molecule has 2 aliphatic rings. The van der Waals surface area contributed by atoms with Crippen LogP contribution in [0.1, 0.15) is 46.0 Å². The van der Waals surface area contributed by atoms with Gasteiger partial charge in [0.05, 0.1) is 6.61 Å². The maximum absolute atomic E-state index is 10.4. The molecule has 1 spiro atoms. The molecule has 2 rings (SSSR count). The Morgan fingerprint density at radius 1 is 1.33 bits per heavy atom. The molecular formula is C14H24O4. The molecule has 0 aromatic rings. The van der Waals surface area contributed by atoms with Crippen molar-refractivity contribution in [2.45, 2.75) is 63.1 Å². The second kappa shape index (κ2) is 4.60. The molecule has 2 aliphatic heterocycles. The molecule has 0 aliphatic carbocycles. The van der Waals surface area contributed by atoms with Gasteiger partial charge in [-0.05, 0) is 38.7 Å². The molecule has 0 aromatic heterocycles. The Balaban J connectivity index is 2.29. The summed E-state index contributed by atoms with van der Waals surface area (Å²) >= 11 is 0. The van der Waals surface area contributed by atoms with Crippen LogP contribution < -0.4 is 0 Å². The van der Waals surface area contributed by atoms with Gasteiger partial charge in [0.15, 0.2) is 11.6 Å². The monoisotopic (exact) mass is 256 g/mol. The fraction of sp³-hybridized carbons (Fsp3) is 0.857. The van der Waals surface area contributed by atoms with Crippen LogP contribution >= 0.6 is 0 Å². The van der Waals surface area contributed by atoms with Crippen LogP contribution in [-0.4, -0.2) is 36.0 Å². The molecule has 2 saturated heterocycles. The van der Waals surface area contributed by atoms with Gasteiger partial charge in [0.25, 0.3) is 0 Å². The van der Waals surface area contributed by atoms with Crippen molar-refractivity contribution < 1.29 is 19.3 Å². The fourth-order valence-corrected chi connectivity index (χ4v) is 2.85. The van der Waals surface area contributed by atoms with Crippen molar-refractivity contribution in [1.82, 2.24) is 0 Å². The molecular weight excluding hydrogens is 232 g/mol. The van der Waals surface area contributed by atoms with E-state index < -0.39 is 17.2 Å². The first-order valence-corrected chi connectivity index (χ1v) is 6.65. The van der Waals surface area contributed by atoms with Gasteiger partial charge in [-0.15, -0.1) is 0 Å². The van der Waals surface area contributed by atoms with E-state index in [-0.39, 0.29) is 0 Å². The Hall–Kier alpha value is -0.420. The number of rotatable bonds is 2. The summed E-state index contributed by atoms with van der Waals surface area (Å²) in [5.74, 6) is -1.79. The first kappa shape index (κ1) is 14.0. The summed E-state index contributed by atoms with van der Waals surface area (Å²) in [7, 11) is 1.57. The minimum Gasteiger partial charge on any atom is -0.385 e. The minimum atomic E-state index is -1.09. The van der Waals surface area contributed by atoms with E-state index in [0.717, 1.165) is 31.3 Å². The van der Waals surface area contributed by atoms with E-state index in [4.69, 9.17) is 14.2 Å². The third-order valence-corrected chi connectivity index (χ3v) is 4.12. The van der Waals surface area contributed by atoms with Crippen molar-refractivity contribution in [1.29, 1.82) is 0 Å². The molecule has 2 fully saturated rings. The summed E-state index contributed by atoms with van der Waals surface area (Å²) in [5.41, 5.74) is -0.130. The lowest BCUT2D eigenvalue weighted by atomic mass is 9.83. The predicted molar refractivity (Wildman–Crippen MR) is 68.0 cm³/mol. The Kier molecular flexibility index (Phi) is 3.58. The third kappa shape index (κ3) is 2.11. The standard InChI is InChI=1S/C14H24O4/c1-11-7-9-14(16-4,12(2,3)15)18-13(11)8-5-6-10-17-13/h15H,1,5-10H2,2-4H3/t13-,14-/m0/s1. The van der Waals surface area contributed by atoms with E-state index >= 15 is 0 Å². The SMILES string of the molecule is C=C1CC[C@@](OC)(C(C)(C)O)O[C@@]12CCCCO2. The molecule has 0 amide bonds. The molecule has 4 heteroatoms. The first-order chi connectivity index (χ1) is 8.35.